The highest BCUT2D eigenvalue weighted by Crippen LogP contribution is 2.22. The Morgan fingerprint density at radius 3 is 2.67 bits per heavy atom. The third-order valence-corrected chi connectivity index (χ3v) is 3.06. The highest BCUT2D eigenvalue weighted by atomic mass is 35.5. The molecule has 1 amide bonds. The first-order valence-corrected chi connectivity index (χ1v) is 6.96. The molecule has 116 valence electrons. The molecule has 0 spiro atoms. The van der Waals surface area contributed by atoms with Gasteiger partial charge in [0, 0.05) is 0 Å². The summed E-state index contributed by atoms with van der Waals surface area (Å²) in [4.78, 5) is 24.7. The largest absolute Gasteiger partial charge is 0.478 e. The smallest absolute Gasteiger partial charge is 0.335 e. The lowest BCUT2D eigenvalue weighted by molar-refractivity contribution is -0.115. The fourth-order valence-corrected chi connectivity index (χ4v) is 1.84. The summed E-state index contributed by atoms with van der Waals surface area (Å²) in [6, 6.07) is 4.18. The normalized spacial score (nSPS) is 10.7. The fraction of sp³-hybridized carbons (Fsp3) is 0.429. The number of halogens is 1. The van der Waals surface area contributed by atoms with Gasteiger partial charge in [-0.3, -0.25) is 4.79 Å². The number of nitrogens with one attached hydrogen (secondary N) is 2. The van der Waals surface area contributed by atoms with Crippen molar-refractivity contribution >= 4 is 29.2 Å². The van der Waals surface area contributed by atoms with Crippen LogP contribution < -0.4 is 10.6 Å². The van der Waals surface area contributed by atoms with Gasteiger partial charge >= 0.3 is 5.97 Å². The van der Waals surface area contributed by atoms with Gasteiger partial charge in [-0.25, -0.2) is 4.79 Å². The molecule has 3 N–H and O–H groups in total. The highest BCUT2D eigenvalue weighted by Gasteiger charge is 2.09. The first-order chi connectivity index (χ1) is 9.90. The van der Waals surface area contributed by atoms with Crippen LogP contribution in [0.25, 0.3) is 0 Å². The van der Waals surface area contributed by atoms with Crippen LogP contribution in [0.15, 0.2) is 18.2 Å². The summed E-state index contributed by atoms with van der Waals surface area (Å²) in [6.45, 7) is 1.83. The van der Waals surface area contributed by atoms with E-state index >= 15 is 0 Å². The molecular formula is C14H20ClN3O3. The van der Waals surface area contributed by atoms with Gasteiger partial charge < -0.3 is 20.6 Å². The molecule has 21 heavy (non-hydrogen) atoms. The van der Waals surface area contributed by atoms with E-state index in [2.05, 4.69) is 15.5 Å². The number of amides is 1. The third-order valence-electron chi connectivity index (χ3n) is 2.73. The lowest BCUT2D eigenvalue weighted by Gasteiger charge is -2.11. The molecule has 0 aliphatic carbocycles. The molecule has 0 radical (unpaired) electrons. The van der Waals surface area contributed by atoms with Crippen molar-refractivity contribution < 1.29 is 14.7 Å². The van der Waals surface area contributed by atoms with Gasteiger partial charge in [-0.05, 0) is 51.8 Å². The van der Waals surface area contributed by atoms with Crippen LogP contribution in [0.4, 0.5) is 5.69 Å². The lowest BCUT2D eigenvalue weighted by Crippen LogP contribution is -2.30. The van der Waals surface area contributed by atoms with E-state index in [9.17, 15) is 9.59 Å². The molecule has 1 aromatic rings. The van der Waals surface area contributed by atoms with E-state index < -0.39 is 5.97 Å². The van der Waals surface area contributed by atoms with Crippen molar-refractivity contribution in [3.05, 3.63) is 28.8 Å². The molecule has 0 aliphatic heterocycles. The lowest BCUT2D eigenvalue weighted by atomic mass is 10.2. The summed E-state index contributed by atoms with van der Waals surface area (Å²) in [5, 5.41) is 14.8. The average molecular weight is 314 g/mol. The van der Waals surface area contributed by atoms with E-state index in [0.29, 0.717) is 10.7 Å². The SMILES string of the molecule is CN(C)CCCNCC(=O)Nc1cc(C(=O)O)ccc1Cl. The summed E-state index contributed by atoms with van der Waals surface area (Å²) < 4.78 is 0. The van der Waals surface area contributed by atoms with Crippen LogP contribution in [0.5, 0.6) is 0 Å². The minimum Gasteiger partial charge on any atom is -0.478 e. The van der Waals surface area contributed by atoms with Gasteiger partial charge in [0.05, 0.1) is 22.8 Å². The Morgan fingerprint density at radius 2 is 2.05 bits per heavy atom. The Morgan fingerprint density at radius 1 is 1.33 bits per heavy atom. The van der Waals surface area contributed by atoms with Crippen LogP contribution in [-0.2, 0) is 4.79 Å². The van der Waals surface area contributed by atoms with Gasteiger partial charge in [-0.2, -0.15) is 0 Å². The predicted octanol–water partition coefficient (Wildman–Crippen LogP) is 1.52. The van der Waals surface area contributed by atoms with Crippen molar-refractivity contribution in [2.24, 2.45) is 0 Å². The minimum atomic E-state index is -1.07. The van der Waals surface area contributed by atoms with Crippen molar-refractivity contribution in [1.29, 1.82) is 0 Å². The molecule has 0 aliphatic rings. The molecule has 0 fully saturated rings. The second-order valence-electron chi connectivity index (χ2n) is 4.88. The molecule has 7 heteroatoms. The Balaban J connectivity index is 2.44. The second-order valence-corrected chi connectivity index (χ2v) is 5.29. The van der Waals surface area contributed by atoms with E-state index in [1.165, 1.54) is 18.2 Å². The monoisotopic (exact) mass is 313 g/mol. The molecular weight excluding hydrogens is 294 g/mol. The van der Waals surface area contributed by atoms with Crippen LogP contribution in [0, 0.1) is 0 Å². The average Bonchev–Trinajstić information content (AvgIpc) is 2.40. The zero-order chi connectivity index (χ0) is 15.8. The molecule has 1 aromatic carbocycles. The highest BCUT2D eigenvalue weighted by molar-refractivity contribution is 6.33. The summed E-state index contributed by atoms with van der Waals surface area (Å²) in [5.41, 5.74) is 0.380. The maximum Gasteiger partial charge on any atom is 0.335 e. The van der Waals surface area contributed by atoms with Gasteiger partial charge in [0.25, 0.3) is 0 Å². The number of aromatic carboxylic acids is 1. The van der Waals surface area contributed by atoms with Crippen LogP contribution in [0.1, 0.15) is 16.8 Å². The minimum absolute atomic E-state index is 0.0774. The van der Waals surface area contributed by atoms with E-state index in [4.69, 9.17) is 16.7 Å². The molecule has 6 nitrogen and oxygen atoms in total. The number of hydrogen-bond acceptors (Lipinski definition) is 4. The van der Waals surface area contributed by atoms with Crippen molar-refractivity contribution in [2.45, 2.75) is 6.42 Å². The Bertz CT molecular complexity index is 506. The molecule has 0 atom stereocenters. The topological polar surface area (TPSA) is 81.7 Å². The molecule has 0 saturated carbocycles. The van der Waals surface area contributed by atoms with Crippen LogP contribution >= 0.6 is 11.6 Å². The summed E-state index contributed by atoms with van der Waals surface area (Å²) in [6.07, 6.45) is 0.940. The summed E-state index contributed by atoms with van der Waals surface area (Å²) in [7, 11) is 3.98. The van der Waals surface area contributed by atoms with Gasteiger partial charge in [0.2, 0.25) is 5.91 Å². The Labute approximate surface area is 129 Å². The molecule has 0 aromatic heterocycles. The Kier molecular flexibility index (Phi) is 7.14. The van der Waals surface area contributed by atoms with Crippen LogP contribution in [-0.4, -0.2) is 55.6 Å². The molecule has 0 heterocycles. The van der Waals surface area contributed by atoms with E-state index in [1.807, 2.05) is 14.1 Å². The quantitative estimate of drug-likeness (QED) is 0.634. The van der Waals surface area contributed by atoms with Gasteiger partial charge in [0.1, 0.15) is 0 Å². The molecule has 1 rings (SSSR count). The summed E-state index contributed by atoms with van der Waals surface area (Å²) in [5.74, 6) is -1.33. The van der Waals surface area contributed by atoms with E-state index in [1.54, 1.807) is 0 Å². The standard InChI is InChI=1S/C14H20ClN3O3/c1-18(2)7-3-6-16-9-13(19)17-12-8-10(14(20)21)4-5-11(12)15/h4-5,8,16H,3,6-7,9H2,1-2H3,(H,17,19)(H,20,21). The first kappa shape index (κ1) is 17.4. The van der Waals surface area contributed by atoms with Gasteiger partial charge in [0.15, 0.2) is 0 Å². The maximum absolute atomic E-state index is 11.8. The van der Waals surface area contributed by atoms with Crippen molar-refractivity contribution in [3.63, 3.8) is 0 Å². The van der Waals surface area contributed by atoms with E-state index in [0.717, 1.165) is 19.5 Å². The number of carbonyl (C=O) groups excluding carboxylic acids is 1. The fourth-order valence-electron chi connectivity index (χ4n) is 1.67. The van der Waals surface area contributed by atoms with Crippen molar-refractivity contribution in [1.82, 2.24) is 10.2 Å². The van der Waals surface area contributed by atoms with Crippen LogP contribution in [0.2, 0.25) is 5.02 Å². The number of carboxylic acids is 1. The maximum atomic E-state index is 11.8. The number of hydrogen-bond donors (Lipinski definition) is 3. The van der Waals surface area contributed by atoms with Crippen molar-refractivity contribution in [3.8, 4) is 0 Å². The number of anilines is 1. The number of rotatable bonds is 8. The van der Waals surface area contributed by atoms with E-state index in [-0.39, 0.29) is 18.0 Å². The van der Waals surface area contributed by atoms with Crippen molar-refractivity contribution in [2.75, 3.05) is 39.0 Å². The zero-order valence-corrected chi connectivity index (χ0v) is 12.9. The zero-order valence-electron chi connectivity index (χ0n) is 12.1. The number of benzene rings is 1. The molecule has 0 unspecified atom stereocenters. The third kappa shape index (κ3) is 6.57. The predicted molar refractivity (Wildman–Crippen MR) is 83.1 cm³/mol. The van der Waals surface area contributed by atoms with Crippen LogP contribution in [0.3, 0.4) is 0 Å². The van der Waals surface area contributed by atoms with Gasteiger partial charge in [-0.15, -0.1) is 0 Å². The number of nitrogens with zero attached hydrogens (tertiary/aromatic N) is 1. The first-order valence-electron chi connectivity index (χ1n) is 6.58. The number of carboxylic acid groups (broad SMARTS) is 1. The van der Waals surface area contributed by atoms with Gasteiger partial charge in [-0.1, -0.05) is 11.6 Å². The number of carbonyl (C=O) groups is 2. The Hall–Kier alpha value is -1.63. The molecule has 0 bridgehead atoms. The summed E-state index contributed by atoms with van der Waals surface area (Å²) >= 11 is 5.93. The molecule has 0 saturated heterocycles. The second kappa shape index (κ2) is 8.61.